The molecule has 124 valence electrons. The Balaban J connectivity index is 1.43. The number of ether oxygens (including phenoxy) is 2. The van der Waals surface area contributed by atoms with Crippen molar-refractivity contribution in [2.45, 2.75) is 11.7 Å². The molecule has 1 N–H and O–H groups in total. The van der Waals surface area contributed by atoms with Gasteiger partial charge in [0.2, 0.25) is 5.91 Å². The lowest BCUT2D eigenvalue weighted by molar-refractivity contribution is -0.118. The van der Waals surface area contributed by atoms with Gasteiger partial charge in [-0.2, -0.15) is 0 Å². The van der Waals surface area contributed by atoms with Crippen LogP contribution in [-0.4, -0.2) is 39.6 Å². The first-order chi connectivity index (χ1) is 11.7. The lowest BCUT2D eigenvalue weighted by Crippen LogP contribution is -2.25. The molecular weight excluding hydrogens is 330 g/mol. The molecule has 1 aliphatic rings. The molecule has 1 atom stereocenters. The minimum absolute atomic E-state index is 0.231. The number of carbonyl (C=O) groups is 2. The number of nitrogens with one attached hydrogen (secondary N) is 1. The fourth-order valence-electron chi connectivity index (χ4n) is 2.12. The first-order valence-corrected chi connectivity index (χ1v) is 8.22. The van der Waals surface area contributed by atoms with Crippen LogP contribution in [0, 0.1) is 0 Å². The SMILES string of the molecule is O=C1NC(=O)C(Cc2ccc(OCCOc3ncccn3)cc2)S1. The van der Waals surface area contributed by atoms with E-state index in [1.165, 1.54) is 0 Å². The highest BCUT2D eigenvalue weighted by Crippen LogP contribution is 2.23. The minimum Gasteiger partial charge on any atom is -0.490 e. The largest absolute Gasteiger partial charge is 0.490 e. The zero-order valence-corrected chi connectivity index (χ0v) is 13.5. The topological polar surface area (TPSA) is 90.4 Å². The van der Waals surface area contributed by atoms with Crippen molar-refractivity contribution in [3.8, 4) is 11.8 Å². The van der Waals surface area contributed by atoms with E-state index in [2.05, 4.69) is 15.3 Å². The Labute approximate surface area is 142 Å². The van der Waals surface area contributed by atoms with Gasteiger partial charge in [-0.25, -0.2) is 9.97 Å². The van der Waals surface area contributed by atoms with Crippen molar-refractivity contribution in [1.29, 1.82) is 0 Å². The fourth-order valence-corrected chi connectivity index (χ4v) is 2.98. The van der Waals surface area contributed by atoms with E-state index < -0.39 is 0 Å². The highest BCUT2D eigenvalue weighted by atomic mass is 32.2. The predicted octanol–water partition coefficient (Wildman–Crippen LogP) is 1.83. The Morgan fingerprint density at radius 3 is 2.42 bits per heavy atom. The number of imide groups is 1. The number of hydrogen-bond donors (Lipinski definition) is 1. The van der Waals surface area contributed by atoms with Gasteiger partial charge in [-0.05, 0) is 30.2 Å². The van der Waals surface area contributed by atoms with Gasteiger partial charge in [0.05, 0.1) is 5.25 Å². The van der Waals surface area contributed by atoms with E-state index in [-0.39, 0.29) is 16.4 Å². The van der Waals surface area contributed by atoms with E-state index in [0.717, 1.165) is 17.3 Å². The molecular formula is C16H15N3O4S. The van der Waals surface area contributed by atoms with Gasteiger partial charge in [-0.15, -0.1) is 0 Å². The van der Waals surface area contributed by atoms with Crippen molar-refractivity contribution < 1.29 is 19.1 Å². The van der Waals surface area contributed by atoms with E-state index in [1.807, 2.05) is 24.3 Å². The molecule has 0 radical (unpaired) electrons. The van der Waals surface area contributed by atoms with Crippen molar-refractivity contribution in [1.82, 2.24) is 15.3 Å². The first-order valence-electron chi connectivity index (χ1n) is 7.34. The first kappa shape index (κ1) is 16.3. The Bertz CT molecular complexity index is 709. The molecule has 3 rings (SSSR count). The summed E-state index contributed by atoms with van der Waals surface area (Å²) in [7, 11) is 0. The molecule has 8 heteroatoms. The van der Waals surface area contributed by atoms with Crippen LogP contribution in [-0.2, 0) is 11.2 Å². The third-order valence-corrected chi connectivity index (χ3v) is 4.22. The van der Waals surface area contributed by atoms with Gasteiger partial charge >= 0.3 is 6.01 Å². The van der Waals surface area contributed by atoms with E-state index in [9.17, 15) is 9.59 Å². The lowest BCUT2D eigenvalue weighted by Gasteiger charge is -2.09. The maximum atomic E-state index is 11.5. The van der Waals surface area contributed by atoms with Gasteiger partial charge < -0.3 is 9.47 Å². The minimum atomic E-state index is -0.358. The zero-order valence-electron chi connectivity index (χ0n) is 12.7. The molecule has 1 aliphatic heterocycles. The Morgan fingerprint density at radius 2 is 1.75 bits per heavy atom. The van der Waals surface area contributed by atoms with Gasteiger partial charge in [0.15, 0.2) is 0 Å². The summed E-state index contributed by atoms with van der Waals surface area (Å²) in [6, 6.07) is 9.45. The number of rotatable bonds is 7. The fraction of sp³-hybridized carbons (Fsp3) is 0.250. The third-order valence-electron chi connectivity index (χ3n) is 3.24. The molecule has 7 nitrogen and oxygen atoms in total. The number of aromatic nitrogens is 2. The molecule has 0 spiro atoms. The summed E-state index contributed by atoms with van der Waals surface area (Å²) in [5, 5.41) is 1.64. The van der Waals surface area contributed by atoms with Crippen LogP contribution in [0.3, 0.4) is 0 Å². The van der Waals surface area contributed by atoms with Crippen LogP contribution in [0.15, 0.2) is 42.7 Å². The quantitative estimate of drug-likeness (QED) is 0.766. The summed E-state index contributed by atoms with van der Waals surface area (Å²) in [6.45, 7) is 0.708. The van der Waals surface area contributed by atoms with Gasteiger partial charge in [-0.3, -0.25) is 14.9 Å². The van der Waals surface area contributed by atoms with Crippen LogP contribution in [0.5, 0.6) is 11.8 Å². The second-order valence-electron chi connectivity index (χ2n) is 4.96. The van der Waals surface area contributed by atoms with Gasteiger partial charge in [0.25, 0.3) is 5.24 Å². The molecule has 1 aromatic carbocycles. The van der Waals surface area contributed by atoms with Gasteiger partial charge in [0, 0.05) is 12.4 Å². The molecule has 0 bridgehead atoms. The smallest absolute Gasteiger partial charge is 0.316 e. The predicted molar refractivity (Wildman–Crippen MR) is 88.1 cm³/mol. The Morgan fingerprint density at radius 1 is 1.04 bits per heavy atom. The van der Waals surface area contributed by atoms with Crippen LogP contribution < -0.4 is 14.8 Å². The van der Waals surface area contributed by atoms with Gasteiger partial charge in [0.1, 0.15) is 19.0 Å². The van der Waals surface area contributed by atoms with Crippen LogP contribution in [0.25, 0.3) is 0 Å². The number of thioether (sulfide) groups is 1. The van der Waals surface area contributed by atoms with Crippen LogP contribution in [0.1, 0.15) is 5.56 Å². The summed E-state index contributed by atoms with van der Waals surface area (Å²) in [5.74, 6) is 0.474. The summed E-state index contributed by atoms with van der Waals surface area (Å²) in [5.41, 5.74) is 0.971. The summed E-state index contributed by atoms with van der Waals surface area (Å²) < 4.78 is 10.9. The summed E-state index contributed by atoms with van der Waals surface area (Å²) >= 11 is 1.03. The Hall–Kier alpha value is -2.61. The second kappa shape index (κ2) is 7.78. The van der Waals surface area contributed by atoms with E-state index >= 15 is 0 Å². The Kier molecular flexibility index (Phi) is 5.27. The third kappa shape index (κ3) is 4.45. The molecule has 1 saturated heterocycles. The van der Waals surface area contributed by atoms with Crippen LogP contribution >= 0.6 is 11.8 Å². The zero-order chi connectivity index (χ0) is 16.8. The molecule has 1 aromatic heterocycles. The number of hydrogen-bond acceptors (Lipinski definition) is 7. The molecule has 0 aliphatic carbocycles. The molecule has 2 heterocycles. The van der Waals surface area contributed by atoms with Crippen molar-refractivity contribution in [2.75, 3.05) is 13.2 Å². The number of nitrogens with zero attached hydrogens (tertiary/aromatic N) is 2. The molecule has 24 heavy (non-hydrogen) atoms. The molecule has 2 aromatic rings. The van der Waals surface area contributed by atoms with Gasteiger partial charge in [-0.1, -0.05) is 23.9 Å². The standard InChI is InChI=1S/C16H15N3O4S/c20-14-13(24-16(21)19-14)10-11-2-4-12(5-3-11)22-8-9-23-15-17-6-1-7-18-15/h1-7,13H,8-10H2,(H,19,20,21). The van der Waals surface area contributed by atoms with Crippen molar-refractivity contribution >= 4 is 22.9 Å². The van der Waals surface area contributed by atoms with Crippen LogP contribution in [0.4, 0.5) is 4.79 Å². The van der Waals surface area contributed by atoms with Crippen LogP contribution in [0.2, 0.25) is 0 Å². The normalized spacial score (nSPS) is 16.8. The van der Waals surface area contributed by atoms with E-state index in [4.69, 9.17) is 9.47 Å². The highest BCUT2D eigenvalue weighted by molar-refractivity contribution is 8.15. The molecule has 0 saturated carbocycles. The maximum absolute atomic E-state index is 11.5. The van der Waals surface area contributed by atoms with E-state index in [0.29, 0.717) is 31.4 Å². The summed E-state index contributed by atoms with van der Waals surface area (Å²) in [6.07, 6.45) is 3.73. The van der Waals surface area contributed by atoms with E-state index in [1.54, 1.807) is 18.5 Å². The molecule has 1 unspecified atom stereocenters. The van der Waals surface area contributed by atoms with Crippen molar-refractivity contribution in [3.05, 3.63) is 48.3 Å². The lowest BCUT2D eigenvalue weighted by atomic mass is 10.1. The van der Waals surface area contributed by atoms with Crippen molar-refractivity contribution in [3.63, 3.8) is 0 Å². The number of benzene rings is 1. The highest BCUT2D eigenvalue weighted by Gasteiger charge is 2.31. The second-order valence-corrected chi connectivity index (χ2v) is 6.14. The summed E-state index contributed by atoms with van der Waals surface area (Å²) in [4.78, 5) is 30.6. The van der Waals surface area contributed by atoms with Crippen molar-refractivity contribution in [2.24, 2.45) is 0 Å². The molecule has 2 amide bonds. The number of amides is 2. The average molecular weight is 345 g/mol. The monoisotopic (exact) mass is 345 g/mol. The maximum Gasteiger partial charge on any atom is 0.316 e. The number of carbonyl (C=O) groups excluding carboxylic acids is 2. The average Bonchev–Trinajstić information content (AvgIpc) is 2.91. The molecule has 1 fully saturated rings.